The minimum Gasteiger partial charge on any atom is -0.393 e. The maximum Gasteiger partial charge on any atom is 0.0639 e. The third-order valence-corrected chi connectivity index (χ3v) is 6.38. The predicted molar refractivity (Wildman–Crippen MR) is 81.4 cm³/mol. The van der Waals surface area contributed by atoms with Crippen molar-refractivity contribution in [2.45, 2.75) is 57.7 Å². The summed E-state index contributed by atoms with van der Waals surface area (Å²) < 4.78 is 5.77. The van der Waals surface area contributed by atoms with Crippen LogP contribution in [0, 0.1) is 23.2 Å². The summed E-state index contributed by atoms with van der Waals surface area (Å²) in [6, 6.07) is 0. The molecule has 6 atom stereocenters. The fourth-order valence-electron chi connectivity index (χ4n) is 5.13. The third kappa shape index (κ3) is 2.17. The first-order valence-corrected chi connectivity index (χ1v) is 8.10. The number of allylic oxidation sites excluding steroid dienone is 1. The summed E-state index contributed by atoms with van der Waals surface area (Å²) in [6.45, 7) is 6.48. The molecule has 3 rings (SSSR count). The maximum absolute atomic E-state index is 9.93. The standard InChI is InChI=1S/C18H28O2/c1-4-12-9-14-6-5-13-10-15(19)7-8-16(13)18(14,2)11-17(12)20-3/h4-5,12,14-17,19H,1,6-11H2,2-3H3. The van der Waals surface area contributed by atoms with Gasteiger partial charge in [0.05, 0.1) is 12.2 Å². The molecule has 0 saturated heterocycles. The zero-order valence-electron chi connectivity index (χ0n) is 12.8. The van der Waals surface area contributed by atoms with E-state index in [1.807, 2.05) is 7.11 Å². The molecule has 0 aromatic heterocycles. The average Bonchev–Trinajstić information content (AvgIpc) is 2.45. The first kappa shape index (κ1) is 14.3. The number of fused-ring (bicyclic) bond motifs is 3. The van der Waals surface area contributed by atoms with Gasteiger partial charge in [0.2, 0.25) is 0 Å². The normalized spacial score (nSPS) is 48.0. The van der Waals surface area contributed by atoms with Crippen LogP contribution >= 0.6 is 0 Å². The van der Waals surface area contributed by atoms with Crippen molar-refractivity contribution in [3.8, 4) is 0 Å². The molecule has 6 unspecified atom stereocenters. The molecule has 0 aliphatic heterocycles. The Morgan fingerprint density at radius 2 is 2.25 bits per heavy atom. The van der Waals surface area contributed by atoms with E-state index < -0.39 is 0 Å². The van der Waals surface area contributed by atoms with Crippen molar-refractivity contribution in [1.29, 1.82) is 0 Å². The van der Waals surface area contributed by atoms with Gasteiger partial charge in [-0.25, -0.2) is 0 Å². The summed E-state index contributed by atoms with van der Waals surface area (Å²) >= 11 is 0. The van der Waals surface area contributed by atoms with Gasteiger partial charge in [0.25, 0.3) is 0 Å². The van der Waals surface area contributed by atoms with Crippen molar-refractivity contribution >= 4 is 0 Å². The molecule has 0 bridgehead atoms. The van der Waals surface area contributed by atoms with Crippen LogP contribution in [0.1, 0.15) is 45.4 Å². The van der Waals surface area contributed by atoms with E-state index in [0.29, 0.717) is 23.4 Å². The van der Waals surface area contributed by atoms with Gasteiger partial charge in [-0.2, -0.15) is 0 Å². The summed E-state index contributed by atoms with van der Waals surface area (Å²) in [4.78, 5) is 0. The van der Waals surface area contributed by atoms with Gasteiger partial charge in [0, 0.05) is 13.0 Å². The Kier molecular flexibility index (Phi) is 3.81. The van der Waals surface area contributed by atoms with Gasteiger partial charge >= 0.3 is 0 Å². The van der Waals surface area contributed by atoms with Gasteiger partial charge in [-0.3, -0.25) is 0 Å². The summed E-state index contributed by atoms with van der Waals surface area (Å²) in [7, 11) is 1.84. The van der Waals surface area contributed by atoms with Gasteiger partial charge < -0.3 is 9.84 Å². The lowest BCUT2D eigenvalue weighted by Crippen LogP contribution is -2.49. The van der Waals surface area contributed by atoms with E-state index in [9.17, 15) is 5.11 Å². The lowest BCUT2D eigenvalue weighted by molar-refractivity contribution is -0.0725. The van der Waals surface area contributed by atoms with Crippen molar-refractivity contribution in [3.63, 3.8) is 0 Å². The molecule has 2 heteroatoms. The number of methoxy groups -OCH3 is 1. The van der Waals surface area contributed by atoms with E-state index >= 15 is 0 Å². The highest BCUT2D eigenvalue weighted by Gasteiger charge is 2.51. The van der Waals surface area contributed by atoms with E-state index in [0.717, 1.165) is 31.6 Å². The van der Waals surface area contributed by atoms with E-state index in [1.165, 1.54) is 18.4 Å². The maximum atomic E-state index is 9.93. The van der Waals surface area contributed by atoms with Crippen molar-refractivity contribution < 1.29 is 9.84 Å². The molecule has 112 valence electrons. The fourth-order valence-corrected chi connectivity index (χ4v) is 5.13. The second kappa shape index (κ2) is 5.31. The summed E-state index contributed by atoms with van der Waals surface area (Å²) in [5.74, 6) is 1.91. The fraction of sp³-hybridized carbons (Fsp3) is 0.778. The smallest absolute Gasteiger partial charge is 0.0639 e. The second-order valence-corrected chi connectivity index (χ2v) is 7.32. The van der Waals surface area contributed by atoms with Gasteiger partial charge in [-0.1, -0.05) is 24.6 Å². The van der Waals surface area contributed by atoms with Crippen LogP contribution in [0.4, 0.5) is 0 Å². The molecule has 3 aliphatic rings. The molecule has 2 nitrogen and oxygen atoms in total. The largest absolute Gasteiger partial charge is 0.393 e. The lowest BCUT2D eigenvalue weighted by Gasteiger charge is -2.55. The van der Waals surface area contributed by atoms with E-state index in [-0.39, 0.29) is 6.10 Å². The van der Waals surface area contributed by atoms with Crippen molar-refractivity contribution in [3.05, 3.63) is 24.3 Å². The Morgan fingerprint density at radius 3 is 2.95 bits per heavy atom. The topological polar surface area (TPSA) is 29.5 Å². The average molecular weight is 276 g/mol. The Labute approximate surface area is 122 Å². The molecule has 0 heterocycles. The van der Waals surface area contributed by atoms with Crippen molar-refractivity contribution in [1.82, 2.24) is 0 Å². The number of rotatable bonds is 2. The molecule has 0 amide bonds. The number of aliphatic hydroxyl groups excluding tert-OH is 1. The summed E-state index contributed by atoms with van der Waals surface area (Å²) in [5, 5.41) is 9.93. The Balaban J connectivity index is 1.88. The van der Waals surface area contributed by atoms with Crippen LogP contribution in [-0.4, -0.2) is 24.4 Å². The van der Waals surface area contributed by atoms with E-state index in [1.54, 1.807) is 0 Å². The van der Waals surface area contributed by atoms with Crippen LogP contribution in [0.15, 0.2) is 24.3 Å². The van der Waals surface area contributed by atoms with Crippen LogP contribution in [0.5, 0.6) is 0 Å². The quantitative estimate of drug-likeness (QED) is 0.779. The highest BCUT2D eigenvalue weighted by Crippen LogP contribution is 2.58. The first-order valence-electron chi connectivity index (χ1n) is 8.10. The number of aliphatic hydroxyl groups is 1. The summed E-state index contributed by atoms with van der Waals surface area (Å²) in [6.07, 6.45) is 11.3. The molecule has 0 aromatic rings. The van der Waals surface area contributed by atoms with Crippen LogP contribution < -0.4 is 0 Å². The van der Waals surface area contributed by atoms with Gasteiger partial charge in [-0.15, -0.1) is 6.58 Å². The lowest BCUT2D eigenvalue weighted by atomic mass is 9.51. The minimum atomic E-state index is -0.111. The zero-order chi connectivity index (χ0) is 14.3. The third-order valence-electron chi connectivity index (χ3n) is 6.38. The van der Waals surface area contributed by atoms with Crippen LogP contribution in [0.2, 0.25) is 0 Å². The first-order chi connectivity index (χ1) is 9.58. The Morgan fingerprint density at radius 1 is 1.45 bits per heavy atom. The molecular formula is C18H28O2. The second-order valence-electron chi connectivity index (χ2n) is 7.32. The molecule has 1 N–H and O–H groups in total. The van der Waals surface area contributed by atoms with Crippen LogP contribution in [0.3, 0.4) is 0 Å². The molecule has 20 heavy (non-hydrogen) atoms. The minimum absolute atomic E-state index is 0.111. The number of hydrogen-bond donors (Lipinski definition) is 1. The number of hydrogen-bond acceptors (Lipinski definition) is 2. The van der Waals surface area contributed by atoms with Crippen molar-refractivity contribution in [2.24, 2.45) is 23.2 Å². The molecule has 0 radical (unpaired) electrons. The monoisotopic (exact) mass is 276 g/mol. The highest BCUT2D eigenvalue weighted by molar-refractivity contribution is 5.22. The highest BCUT2D eigenvalue weighted by atomic mass is 16.5. The van der Waals surface area contributed by atoms with Crippen LogP contribution in [0.25, 0.3) is 0 Å². The SMILES string of the molecule is C=CC1CC2CC=C3CC(O)CCC3C2(C)CC1OC. The molecular weight excluding hydrogens is 248 g/mol. The molecule has 2 fully saturated rings. The molecule has 0 spiro atoms. The Bertz CT molecular complexity index is 414. The van der Waals surface area contributed by atoms with Crippen LogP contribution in [-0.2, 0) is 4.74 Å². The van der Waals surface area contributed by atoms with Gasteiger partial charge in [-0.05, 0) is 55.8 Å². The number of ether oxygens (including phenoxy) is 1. The van der Waals surface area contributed by atoms with Gasteiger partial charge in [0.15, 0.2) is 0 Å². The van der Waals surface area contributed by atoms with Gasteiger partial charge in [0.1, 0.15) is 0 Å². The predicted octanol–water partition coefficient (Wildman–Crippen LogP) is 3.71. The molecule has 0 aromatic carbocycles. The zero-order valence-corrected chi connectivity index (χ0v) is 12.8. The Hall–Kier alpha value is -0.600. The van der Waals surface area contributed by atoms with Crippen molar-refractivity contribution in [2.75, 3.05) is 7.11 Å². The molecule has 3 aliphatic carbocycles. The summed E-state index contributed by atoms with van der Waals surface area (Å²) in [5.41, 5.74) is 1.87. The van der Waals surface area contributed by atoms with E-state index in [2.05, 4.69) is 25.7 Å². The van der Waals surface area contributed by atoms with E-state index in [4.69, 9.17) is 4.74 Å². The molecule has 2 saturated carbocycles.